The largest absolute Gasteiger partial charge is 0.477 e. The predicted octanol–water partition coefficient (Wildman–Crippen LogP) is 2.22. The van der Waals surface area contributed by atoms with Crippen LogP contribution >= 0.6 is 11.3 Å². The Kier molecular flexibility index (Phi) is 4.96. The highest BCUT2D eigenvalue weighted by Crippen LogP contribution is 2.23. The number of aromatic carboxylic acids is 1. The molecule has 2 rings (SSSR count). The summed E-state index contributed by atoms with van der Waals surface area (Å²) in [6.45, 7) is 4.09. The van der Waals surface area contributed by atoms with Crippen LogP contribution in [0.5, 0.6) is 0 Å². The molecular weight excluding hydrogens is 260 g/mol. The molecule has 4 nitrogen and oxygen atoms in total. The highest BCUT2D eigenvalue weighted by Gasteiger charge is 2.21. The van der Waals surface area contributed by atoms with Crippen molar-refractivity contribution in [3.63, 3.8) is 0 Å². The SMILES string of the molecule is CN(C)CC1CCN(Cc2ccsc2C(=O)O)CC1. The molecule has 0 spiro atoms. The van der Waals surface area contributed by atoms with Gasteiger partial charge in [-0.2, -0.15) is 0 Å². The van der Waals surface area contributed by atoms with Gasteiger partial charge >= 0.3 is 5.97 Å². The van der Waals surface area contributed by atoms with Gasteiger partial charge in [-0.25, -0.2) is 4.79 Å². The quantitative estimate of drug-likeness (QED) is 0.899. The van der Waals surface area contributed by atoms with E-state index >= 15 is 0 Å². The van der Waals surface area contributed by atoms with Crippen LogP contribution in [0.15, 0.2) is 11.4 Å². The third-order valence-corrected chi connectivity index (χ3v) is 4.61. The molecule has 0 unspecified atom stereocenters. The standard InChI is InChI=1S/C14H22N2O2S/c1-15(2)9-11-3-6-16(7-4-11)10-12-5-8-19-13(12)14(17)18/h5,8,11H,3-4,6-7,9-10H2,1-2H3,(H,17,18). The molecule has 0 bridgehead atoms. The first-order valence-corrected chi connectivity index (χ1v) is 7.61. The minimum Gasteiger partial charge on any atom is -0.477 e. The lowest BCUT2D eigenvalue weighted by molar-refractivity contribution is 0.0699. The van der Waals surface area contributed by atoms with Crippen molar-refractivity contribution < 1.29 is 9.90 Å². The molecular formula is C14H22N2O2S. The van der Waals surface area contributed by atoms with Gasteiger partial charge in [-0.3, -0.25) is 4.90 Å². The maximum atomic E-state index is 11.1. The van der Waals surface area contributed by atoms with Gasteiger partial charge in [0.25, 0.3) is 0 Å². The maximum Gasteiger partial charge on any atom is 0.346 e. The normalized spacial score (nSPS) is 18.1. The number of hydrogen-bond donors (Lipinski definition) is 1. The summed E-state index contributed by atoms with van der Waals surface area (Å²) in [6.07, 6.45) is 2.43. The summed E-state index contributed by atoms with van der Waals surface area (Å²) in [4.78, 5) is 16.2. The van der Waals surface area contributed by atoms with E-state index in [9.17, 15) is 4.79 Å². The molecule has 19 heavy (non-hydrogen) atoms. The second-order valence-electron chi connectivity index (χ2n) is 5.56. The summed E-state index contributed by atoms with van der Waals surface area (Å²) < 4.78 is 0. The van der Waals surface area contributed by atoms with Gasteiger partial charge in [0.05, 0.1) is 0 Å². The smallest absolute Gasteiger partial charge is 0.346 e. The van der Waals surface area contributed by atoms with Crippen LogP contribution in [0, 0.1) is 5.92 Å². The van der Waals surface area contributed by atoms with Crippen LogP contribution in [0.25, 0.3) is 0 Å². The Bertz CT molecular complexity index is 423. The fourth-order valence-electron chi connectivity index (χ4n) is 2.73. The summed E-state index contributed by atoms with van der Waals surface area (Å²) in [5.41, 5.74) is 0.962. The number of piperidine rings is 1. The van der Waals surface area contributed by atoms with Crippen molar-refractivity contribution in [2.75, 3.05) is 33.7 Å². The molecule has 0 saturated carbocycles. The third-order valence-electron chi connectivity index (χ3n) is 3.67. The molecule has 1 fully saturated rings. The van der Waals surface area contributed by atoms with E-state index in [1.165, 1.54) is 24.2 Å². The van der Waals surface area contributed by atoms with Crippen LogP contribution in [-0.4, -0.2) is 54.6 Å². The lowest BCUT2D eigenvalue weighted by Crippen LogP contribution is -2.36. The van der Waals surface area contributed by atoms with Gasteiger partial charge in [-0.05, 0) is 63.0 Å². The van der Waals surface area contributed by atoms with Crippen molar-refractivity contribution >= 4 is 17.3 Å². The molecule has 1 aromatic heterocycles. The van der Waals surface area contributed by atoms with Crippen molar-refractivity contribution in [2.45, 2.75) is 19.4 Å². The van der Waals surface area contributed by atoms with Gasteiger partial charge in [-0.1, -0.05) is 0 Å². The van der Waals surface area contributed by atoms with Gasteiger partial charge in [0.15, 0.2) is 0 Å². The highest BCUT2D eigenvalue weighted by atomic mass is 32.1. The Morgan fingerprint density at radius 3 is 2.74 bits per heavy atom. The van der Waals surface area contributed by atoms with Crippen molar-refractivity contribution in [3.8, 4) is 0 Å². The number of carbonyl (C=O) groups is 1. The minimum atomic E-state index is -0.799. The summed E-state index contributed by atoms with van der Waals surface area (Å²) in [5, 5.41) is 11.0. The van der Waals surface area contributed by atoms with E-state index < -0.39 is 5.97 Å². The molecule has 2 heterocycles. The molecule has 5 heteroatoms. The predicted molar refractivity (Wildman–Crippen MR) is 77.8 cm³/mol. The van der Waals surface area contributed by atoms with Crippen molar-refractivity contribution in [1.82, 2.24) is 9.80 Å². The lowest BCUT2D eigenvalue weighted by Gasteiger charge is -2.33. The van der Waals surface area contributed by atoms with Gasteiger partial charge in [0.1, 0.15) is 4.88 Å². The van der Waals surface area contributed by atoms with E-state index in [1.54, 1.807) is 0 Å². The molecule has 0 aromatic carbocycles. The first-order chi connectivity index (χ1) is 9.06. The molecule has 106 valence electrons. The number of carboxylic acids is 1. The molecule has 0 radical (unpaired) electrons. The van der Waals surface area contributed by atoms with Crippen molar-refractivity contribution in [3.05, 3.63) is 21.9 Å². The number of hydrogen-bond acceptors (Lipinski definition) is 4. The van der Waals surface area contributed by atoms with Crippen LogP contribution in [0.1, 0.15) is 28.1 Å². The monoisotopic (exact) mass is 282 g/mol. The third kappa shape index (κ3) is 4.03. The van der Waals surface area contributed by atoms with Gasteiger partial charge in [0, 0.05) is 13.1 Å². The lowest BCUT2D eigenvalue weighted by atomic mass is 9.96. The molecule has 1 aromatic rings. The first-order valence-electron chi connectivity index (χ1n) is 6.73. The van der Waals surface area contributed by atoms with Crippen LogP contribution in [-0.2, 0) is 6.54 Å². The van der Waals surface area contributed by atoms with Gasteiger partial charge < -0.3 is 10.0 Å². The highest BCUT2D eigenvalue weighted by molar-refractivity contribution is 7.12. The number of thiophene rings is 1. The van der Waals surface area contributed by atoms with Gasteiger partial charge in [-0.15, -0.1) is 11.3 Å². The van der Waals surface area contributed by atoms with E-state index in [-0.39, 0.29) is 0 Å². The average Bonchev–Trinajstić information content (AvgIpc) is 2.79. The van der Waals surface area contributed by atoms with E-state index in [0.29, 0.717) is 4.88 Å². The number of nitrogens with zero attached hydrogens (tertiary/aromatic N) is 2. The fraction of sp³-hybridized carbons (Fsp3) is 0.643. The van der Waals surface area contributed by atoms with Crippen LogP contribution in [0.4, 0.5) is 0 Å². The fourth-order valence-corrected chi connectivity index (χ4v) is 3.49. The Labute approximate surface area is 118 Å². The Morgan fingerprint density at radius 2 is 2.16 bits per heavy atom. The molecule has 1 saturated heterocycles. The summed E-state index contributed by atoms with van der Waals surface area (Å²) in [7, 11) is 4.24. The van der Waals surface area contributed by atoms with E-state index in [1.807, 2.05) is 11.4 Å². The number of likely N-dealkylation sites (tertiary alicyclic amines) is 1. The zero-order valence-electron chi connectivity index (χ0n) is 11.6. The van der Waals surface area contributed by atoms with Gasteiger partial charge in [0.2, 0.25) is 0 Å². The number of carboxylic acid groups (broad SMARTS) is 1. The summed E-state index contributed by atoms with van der Waals surface area (Å²) in [5.74, 6) is -0.0137. The molecule has 1 aliphatic rings. The van der Waals surface area contributed by atoms with Crippen molar-refractivity contribution in [2.24, 2.45) is 5.92 Å². The maximum absolute atomic E-state index is 11.1. The topological polar surface area (TPSA) is 43.8 Å². The molecule has 1 N–H and O–H groups in total. The Hall–Kier alpha value is -0.910. The summed E-state index contributed by atoms with van der Waals surface area (Å²) in [6, 6.07) is 1.94. The van der Waals surface area contributed by atoms with E-state index in [0.717, 1.165) is 37.7 Å². The Morgan fingerprint density at radius 1 is 1.47 bits per heavy atom. The second-order valence-corrected chi connectivity index (χ2v) is 6.48. The zero-order chi connectivity index (χ0) is 13.8. The zero-order valence-corrected chi connectivity index (χ0v) is 12.4. The van der Waals surface area contributed by atoms with Crippen LogP contribution < -0.4 is 0 Å². The van der Waals surface area contributed by atoms with Crippen LogP contribution in [0.2, 0.25) is 0 Å². The number of rotatable bonds is 5. The summed E-state index contributed by atoms with van der Waals surface area (Å²) >= 11 is 1.32. The first kappa shape index (κ1) is 14.5. The average molecular weight is 282 g/mol. The minimum absolute atomic E-state index is 0.496. The Balaban J connectivity index is 1.85. The molecule has 0 atom stereocenters. The molecule has 0 aliphatic carbocycles. The molecule has 0 amide bonds. The second kappa shape index (κ2) is 6.50. The van der Waals surface area contributed by atoms with E-state index in [2.05, 4.69) is 23.9 Å². The van der Waals surface area contributed by atoms with E-state index in [4.69, 9.17) is 5.11 Å². The van der Waals surface area contributed by atoms with Crippen LogP contribution in [0.3, 0.4) is 0 Å². The molecule has 1 aliphatic heterocycles. The van der Waals surface area contributed by atoms with Crippen molar-refractivity contribution in [1.29, 1.82) is 0 Å².